The molecule has 3 aromatic carbocycles. The fourth-order valence-electron chi connectivity index (χ4n) is 3.97. The number of rotatable bonds is 9. The second-order valence-corrected chi connectivity index (χ2v) is 9.08. The maximum atomic E-state index is 12.8. The zero-order valence-electron chi connectivity index (χ0n) is 19.8. The standard InChI is InChI=1S/C28H25N5O2S/c1-35-22-14-12-21(13-15-22)27-31-32-28(33(27)18-16-20-7-3-2-4-8-20)36-19-26(34)30-25-11-5-10-24-23(25)9-6-17-29-24/h2-15,17H,16,18-19H2,1H3,(H,30,34). The Labute approximate surface area is 213 Å². The van der Waals surface area contributed by atoms with E-state index in [0.717, 1.165) is 40.1 Å². The number of amides is 1. The number of carbonyl (C=O) groups is 1. The fourth-order valence-corrected chi connectivity index (χ4v) is 4.73. The molecule has 2 heterocycles. The van der Waals surface area contributed by atoms with E-state index in [-0.39, 0.29) is 11.7 Å². The summed E-state index contributed by atoms with van der Waals surface area (Å²) in [5, 5.41) is 13.5. The van der Waals surface area contributed by atoms with Crippen LogP contribution < -0.4 is 10.1 Å². The quantitative estimate of drug-likeness (QED) is 0.273. The van der Waals surface area contributed by atoms with Crippen LogP contribution in [0.5, 0.6) is 5.75 Å². The van der Waals surface area contributed by atoms with Gasteiger partial charge in [-0.05, 0) is 60.5 Å². The van der Waals surface area contributed by atoms with Crippen molar-refractivity contribution >= 4 is 34.3 Å². The molecule has 0 bridgehead atoms. The number of nitrogens with one attached hydrogen (secondary N) is 1. The molecule has 180 valence electrons. The highest BCUT2D eigenvalue weighted by Gasteiger charge is 2.16. The first kappa shape index (κ1) is 23.6. The number of aromatic nitrogens is 4. The summed E-state index contributed by atoms with van der Waals surface area (Å²) in [6.45, 7) is 0.692. The predicted molar refractivity (Wildman–Crippen MR) is 143 cm³/mol. The number of benzene rings is 3. The van der Waals surface area contributed by atoms with Crippen molar-refractivity contribution in [3.63, 3.8) is 0 Å². The molecule has 2 aromatic heterocycles. The minimum Gasteiger partial charge on any atom is -0.497 e. The van der Waals surface area contributed by atoms with Gasteiger partial charge in [-0.1, -0.05) is 48.2 Å². The Kier molecular flexibility index (Phi) is 7.23. The molecule has 7 nitrogen and oxygen atoms in total. The highest BCUT2D eigenvalue weighted by molar-refractivity contribution is 7.99. The molecule has 0 fully saturated rings. The summed E-state index contributed by atoms with van der Waals surface area (Å²) in [4.78, 5) is 17.2. The molecule has 0 spiro atoms. The number of pyridine rings is 1. The van der Waals surface area contributed by atoms with Crippen molar-refractivity contribution in [2.45, 2.75) is 18.1 Å². The van der Waals surface area contributed by atoms with Crippen molar-refractivity contribution in [1.29, 1.82) is 0 Å². The van der Waals surface area contributed by atoms with Gasteiger partial charge in [0.15, 0.2) is 11.0 Å². The molecule has 0 aliphatic rings. The molecule has 5 rings (SSSR count). The van der Waals surface area contributed by atoms with Gasteiger partial charge >= 0.3 is 0 Å². The Morgan fingerprint density at radius 2 is 1.78 bits per heavy atom. The van der Waals surface area contributed by atoms with E-state index >= 15 is 0 Å². The number of nitrogens with zero attached hydrogens (tertiary/aromatic N) is 4. The lowest BCUT2D eigenvalue weighted by molar-refractivity contribution is -0.113. The molecule has 0 aliphatic heterocycles. The molecule has 0 saturated heterocycles. The lowest BCUT2D eigenvalue weighted by Crippen LogP contribution is -2.15. The van der Waals surface area contributed by atoms with Crippen molar-refractivity contribution in [2.75, 3.05) is 18.2 Å². The van der Waals surface area contributed by atoms with Crippen molar-refractivity contribution in [3.05, 3.63) is 96.7 Å². The zero-order chi connectivity index (χ0) is 24.7. The SMILES string of the molecule is COc1ccc(-c2nnc(SCC(=O)Nc3cccc4ncccc34)n2CCc2ccccc2)cc1. The number of aryl methyl sites for hydroxylation is 1. The highest BCUT2D eigenvalue weighted by Crippen LogP contribution is 2.27. The smallest absolute Gasteiger partial charge is 0.234 e. The van der Waals surface area contributed by atoms with E-state index < -0.39 is 0 Å². The largest absolute Gasteiger partial charge is 0.497 e. The average Bonchev–Trinajstić information content (AvgIpc) is 3.34. The minimum absolute atomic E-state index is 0.111. The van der Waals surface area contributed by atoms with Gasteiger partial charge in [-0.15, -0.1) is 10.2 Å². The predicted octanol–water partition coefficient (Wildman–Crippen LogP) is 5.48. The number of methoxy groups -OCH3 is 1. The van der Waals surface area contributed by atoms with Crippen LogP contribution in [0, 0.1) is 0 Å². The Morgan fingerprint density at radius 1 is 0.944 bits per heavy atom. The summed E-state index contributed by atoms with van der Waals surface area (Å²) < 4.78 is 7.37. The normalized spacial score (nSPS) is 10.9. The van der Waals surface area contributed by atoms with Crippen LogP contribution in [0.4, 0.5) is 5.69 Å². The third kappa shape index (κ3) is 5.39. The molecule has 1 amide bonds. The van der Waals surface area contributed by atoms with Gasteiger partial charge in [-0.2, -0.15) is 0 Å². The van der Waals surface area contributed by atoms with E-state index in [9.17, 15) is 4.79 Å². The second kappa shape index (κ2) is 11.0. The van der Waals surface area contributed by atoms with Crippen LogP contribution >= 0.6 is 11.8 Å². The van der Waals surface area contributed by atoms with Gasteiger partial charge in [0, 0.05) is 23.7 Å². The highest BCUT2D eigenvalue weighted by atomic mass is 32.2. The summed E-state index contributed by atoms with van der Waals surface area (Å²) >= 11 is 1.38. The van der Waals surface area contributed by atoms with Gasteiger partial charge in [0.1, 0.15) is 5.75 Å². The topological polar surface area (TPSA) is 81.9 Å². The monoisotopic (exact) mass is 495 g/mol. The van der Waals surface area contributed by atoms with E-state index in [1.807, 2.05) is 72.8 Å². The van der Waals surface area contributed by atoms with Crippen molar-refractivity contribution in [3.8, 4) is 17.1 Å². The van der Waals surface area contributed by atoms with Gasteiger partial charge < -0.3 is 14.6 Å². The van der Waals surface area contributed by atoms with Crippen molar-refractivity contribution in [1.82, 2.24) is 19.7 Å². The molecular formula is C28H25N5O2S. The maximum absolute atomic E-state index is 12.8. The lowest BCUT2D eigenvalue weighted by atomic mass is 10.1. The summed E-state index contributed by atoms with van der Waals surface area (Å²) in [5.74, 6) is 1.64. The van der Waals surface area contributed by atoms with Crippen LogP contribution in [0.1, 0.15) is 5.56 Å². The van der Waals surface area contributed by atoms with Crippen LogP contribution in [-0.2, 0) is 17.8 Å². The van der Waals surface area contributed by atoms with Crippen LogP contribution in [-0.4, -0.2) is 38.5 Å². The van der Waals surface area contributed by atoms with Gasteiger partial charge in [0.25, 0.3) is 0 Å². The Hall–Kier alpha value is -4.17. The number of fused-ring (bicyclic) bond motifs is 1. The minimum atomic E-state index is -0.111. The third-order valence-electron chi connectivity index (χ3n) is 5.78. The molecule has 0 saturated carbocycles. The van der Waals surface area contributed by atoms with Crippen LogP contribution in [0.15, 0.2) is 96.3 Å². The zero-order valence-corrected chi connectivity index (χ0v) is 20.6. The number of anilines is 1. The van der Waals surface area contributed by atoms with Gasteiger partial charge in [-0.3, -0.25) is 9.78 Å². The lowest BCUT2D eigenvalue weighted by Gasteiger charge is -2.11. The number of thioether (sulfide) groups is 1. The second-order valence-electron chi connectivity index (χ2n) is 8.13. The number of carbonyl (C=O) groups excluding carboxylic acids is 1. The molecule has 0 unspecified atom stereocenters. The summed E-state index contributed by atoms with van der Waals surface area (Å²) in [5.41, 5.74) is 3.75. The Bertz CT molecular complexity index is 1460. The Morgan fingerprint density at radius 3 is 2.58 bits per heavy atom. The first-order valence-corrected chi connectivity index (χ1v) is 12.6. The van der Waals surface area contributed by atoms with Crippen LogP contribution in [0.3, 0.4) is 0 Å². The molecule has 36 heavy (non-hydrogen) atoms. The van der Waals surface area contributed by atoms with E-state index in [0.29, 0.717) is 11.7 Å². The van der Waals surface area contributed by atoms with Crippen molar-refractivity contribution in [2.24, 2.45) is 0 Å². The van der Waals surface area contributed by atoms with Crippen LogP contribution in [0.25, 0.3) is 22.3 Å². The van der Waals surface area contributed by atoms with Gasteiger partial charge in [0.05, 0.1) is 24.1 Å². The van der Waals surface area contributed by atoms with E-state index in [4.69, 9.17) is 4.74 Å². The molecular weight excluding hydrogens is 470 g/mol. The number of hydrogen-bond donors (Lipinski definition) is 1. The average molecular weight is 496 g/mol. The maximum Gasteiger partial charge on any atom is 0.234 e. The molecule has 0 aliphatic carbocycles. The molecule has 0 radical (unpaired) electrons. The Balaban J connectivity index is 1.34. The third-order valence-corrected chi connectivity index (χ3v) is 6.75. The molecule has 1 N–H and O–H groups in total. The summed E-state index contributed by atoms with van der Waals surface area (Å²) in [6, 6.07) is 27.6. The first-order valence-electron chi connectivity index (χ1n) is 11.6. The van der Waals surface area contributed by atoms with E-state index in [1.54, 1.807) is 13.3 Å². The summed E-state index contributed by atoms with van der Waals surface area (Å²) in [6.07, 6.45) is 2.57. The summed E-state index contributed by atoms with van der Waals surface area (Å²) in [7, 11) is 1.64. The van der Waals surface area contributed by atoms with Crippen LogP contribution in [0.2, 0.25) is 0 Å². The molecule has 0 atom stereocenters. The van der Waals surface area contributed by atoms with E-state index in [2.05, 4.69) is 37.2 Å². The molecule has 8 heteroatoms. The van der Waals surface area contributed by atoms with Crippen molar-refractivity contribution < 1.29 is 9.53 Å². The number of hydrogen-bond acceptors (Lipinski definition) is 6. The van der Waals surface area contributed by atoms with Gasteiger partial charge in [0.2, 0.25) is 5.91 Å². The fraction of sp³-hybridized carbons (Fsp3) is 0.143. The number of ether oxygens (including phenoxy) is 1. The van der Waals surface area contributed by atoms with E-state index in [1.165, 1.54) is 17.3 Å². The molecule has 5 aromatic rings. The first-order chi connectivity index (χ1) is 17.7. The van der Waals surface area contributed by atoms with Gasteiger partial charge in [-0.25, -0.2) is 0 Å².